The summed E-state index contributed by atoms with van der Waals surface area (Å²) in [5, 5.41) is 0. The quantitative estimate of drug-likeness (QED) is 0.746. The molecule has 2 heteroatoms. The lowest BCUT2D eigenvalue weighted by Crippen LogP contribution is -2.08. The summed E-state index contributed by atoms with van der Waals surface area (Å²) in [6.07, 6.45) is 2.63. The third-order valence-electron chi connectivity index (χ3n) is 2.41. The number of allylic oxidation sites excluding steroid dienone is 2. The van der Waals surface area contributed by atoms with E-state index in [4.69, 9.17) is 0 Å². The summed E-state index contributed by atoms with van der Waals surface area (Å²) in [4.78, 5) is 11.7. The molecule has 1 aliphatic rings. The van der Waals surface area contributed by atoms with E-state index in [9.17, 15) is 4.79 Å². The van der Waals surface area contributed by atoms with Crippen molar-refractivity contribution in [2.45, 2.75) is 19.3 Å². The minimum atomic E-state index is 0.259. The number of carbonyl (C=O) groups is 1. The molecule has 0 aromatic heterocycles. The highest BCUT2D eigenvalue weighted by atomic mass is 79.9. The van der Waals surface area contributed by atoms with Gasteiger partial charge in [0.15, 0.2) is 5.78 Å². The second-order valence-corrected chi connectivity index (χ2v) is 4.38. The van der Waals surface area contributed by atoms with Crippen LogP contribution in [0.25, 0.3) is 5.57 Å². The number of Topliss-reactive ketones (excluding diaryl/α,β-unsaturated/α-hetero) is 1. The minimum Gasteiger partial charge on any atom is -0.294 e. The summed E-state index contributed by atoms with van der Waals surface area (Å²) in [7, 11) is 0. The van der Waals surface area contributed by atoms with Gasteiger partial charge >= 0.3 is 0 Å². The molecule has 72 valence electrons. The summed E-state index contributed by atoms with van der Waals surface area (Å²) in [6, 6.07) is 9.86. The molecule has 1 aliphatic carbocycles. The fourth-order valence-electron chi connectivity index (χ4n) is 1.73. The minimum absolute atomic E-state index is 0.259. The standard InChI is InChI=1S/C12H11BrO/c13-10-7-4-8-11(14)12(10)9-5-2-1-3-6-9/h1-3,5-6H,4,7-8H2. The molecule has 1 aromatic rings. The van der Waals surface area contributed by atoms with Crippen LogP contribution in [0.1, 0.15) is 24.8 Å². The lowest BCUT2D eigenvalue weighted by molar-refractivity contribution is -0.114. The van der Waals surface area contributed by atoms with Crippen LogP contribution in [0.4, 0.5) is 0 Å². The first-order valence-corrected chi connectivity index (χ1v) is 5.55. The summed E-state index contributed by atoms with van der Waals surface area (Å²) >= 11 is 3.49. The van der Waals surface area contributed by atoms with Gasteiger partial charge in [0.2, 0.25) is 0 Å². The lowest BCUT2D eigenvalue weighted by atomic mass is 9.92. The highest BCUT2D eigenvalue weighted by Crippen LogP contribution is 2.32. The lowest BCUT2D eigenvalue weighted by Gasteiger charge is -2.15. The Morgan fingerprint density at radius 2 is 1.79 bits per heavy atom. The van der Waals surface area contributed by atoms with Crippen LogP contribution in [0, 0.1) is 0 Å². The molecule has 0 N–H and O–H groups in total. The molecule has 0 fully saturated rings. The van der Waals surface area contributed by atoms with Gasteiger partial charge in [-0.25, -0.2) is 0 Å². The first-order valence-electron chi connectivity index (χ1n) is 4.76. The van der Waals surface area contributed by atoms with Gasteiger partial charge in [-0.15, -0.1) is 0 Å². The van der Waals surface area contributed by atoms with Crippen molar-refractivity contribution in [3.63, 3.8) is 0 Å². The van der Waals surface area contributed by atoms with Gasteiger partial charge in [0.05, 0.1) is 0 Å². The highest BCUT2D eigenvalue weighted by molar-refractivity contribution is 9.11. The molecule has 0 spiro atoms. The van der Waals surface area contributed by atoms with Crippen molar-refractivity contribution < 1.29 is 4.79 Å². The van der Waals surface area contributed by atoms with Gasteiger partial charge in [0, 0.05) is 16.5 Å². The molecular formula is C12H11BrO. The van der Waals surface area contributed by atoms with Gasteiger partial charge < -0.3 is 0 Å². The maximum Gasteiger partial charge on any atom is 0.164 e. The van der Waals surface area contributed by atoms with Crippen molar-refractivity contribution >= 4 is 27.3 Å². The van der Waals surface area contributed by atoms with Crippen LogP contribution in [0.15, 0.2) is 34.8 Å². The van der Waals surface area contributed by atoms with Gasteiger partial charge in [0.25, 0.3) is 0 Å². The molecule has 0 aliphatic heterocycles. The smallest absolute Gasteiger partial charge is 0.164 e. The fourth-order valence-corrected chi connectivity index (χ4v) is 2.46. The Balaban J connectivity index is 2.46. The van der Waals surface area contributed by atoms with Crippen molar-refractivity contribution in [2.24, 2.45) is 0 Å². The van der Waals surface area contributed by atoms with Crippen LogP contribution in [0.5, 0.6) is 0 Å². The van der Waals surface area contributed by atoms with Crippen molar-refractivity contribution in [1.82, 2.24) is 0 Å². The number of benzene rings is 1. The van der Waals surface area contributed by atoms with E-state index < -0.39 is 0 Å². The molecule has 1 aromatic carbocycles. The number of hydrogen-bond donors (Lipinski definition) is 0. The second-order valence-electron chi connectivity index (χ2n) is 3.42. The number of carbonyl (C=O) groups excluding carboxylic acids is 1. The highest BCUT2D eigenvalue weighted by Gasteiger charge is 2.19. The van der Waals surface area contributed by atoms with E-state index in [2.05, 4.69) is 15.9 Å². The molecule has 2 rings (SSSR count). The molecule has 0 unspecified atom stereocenters. The third kappa shape index (κ3) is 1.80. The summed E-state index contributed by atoms with van der Waals surface area (Å²) in [6.45, 7) is 0. The van der Waals surface area contributed by atoms with E-state index in [0.29, 0.717) is 6.42 Å². The molecule has 0 amide bonds. The van der Waals surface area contributed by atoms with E-state index in [1.807, 2.05) is 30.3 Å². The molecule has 0 radical (unpaired) electrons. The van der Waals surface area contributed by atoms with Crippen LogP contribution in [0.3, 0.4) is 0 Å². The number of ketones is 1. The van der Waals surface area contributed by atoms with Gasteiger partial charge in [-0.2, -0.15) is 0 Å². The zero-order valence-corrected chi connectivity index (χ0v) is 9.38. The molecule has 0 saturated carbocycles. The monoisotopic (exact) mass is 250 g/mol. The molecule has 14 heavy (non-hydrogen) atoms. The van der Waals surface area contributed by atoms with Crippen molar-refractivity contribution in [2.75, 3.05) is 0 Å². The van der Waals surface area contributed by atoms with E-state index in [1.54, 1.807) is 0 Å². The Kier molecular flexibility index (Phi) is 2.82. The predicted octanol–water partition coefficient (Wildman–Crippen LogP) is 3.55. The van der Waals surface area contributed by atoms with Crippen LogP contribution >= 0.6 is 15.9 Å². The average molecular weight is 251 g/mol. The first-order chi connectivity index (χ1) is 6.79. The van der Waals surface area contributed by atoms with Gasteiger partial charge in [-0.05, 0) is 18.4 Å². The Hall–Kier alpha value is -0.890. The number of hydrogen-bond acceptors (Lipinski definition) is 1. The van der Waals surface area contributed by atoms with E-state index in [0.717, 1.165) is 28.5 Å². The Labute approximate surface area is 92.0 Å². The van der Waals surface area contributed by atoms with Crippen LogP contribution in [-0.2, 0) is 4.79 Å². The summed E-state index contributed by atoms with van der Waals surface area (Å²) in [5.74, 6) is 0.259. The Bertz CT molecular complexity index is 379. The first kappa shape index (κ1) is 9.66. The third-order valence-corrected chi connectivity index (χ3v) is 3.21. The van der Waals surface area contributed by atoms with Crippen LogP contribution < -0.4 is 0 Å². The van der Waals surface area contributed by atoms with E-state index in [-0.39, 0.29) is 5.78 Å². The largest absolute Gasteiger partial charge is 0.294 e. The Morgan fingerprint density at radius 3 is 2.43 bits per heavy atom. The van der Waals surface area contributed by atoms with E-state index in [1.165, 1.54) is 0 Å². The molecule has 0 bridgehead atoms. The maximum atomic E-state index is 11.7. The maximum absolute atomic E-state index is 11.7. The zero-order valence-electron chi connectivity index (χ0n) is 7.79. The topological polar surface area (TPSA) is 17.1 Å². The molecule has 0 saturated heterocycles. The number of halogens is 1. The van der Waals surface area contributed by atoms with Crippen molar-refractivity contribution in [3.8, 4) is 0 Å². The molecule has 0 heterocycles. The van der Waals surface area contributed by atoms with Gasteiger partial charge in [0.1, 0.15) is 0 Å². The van der Waals surface area contributed by atoms with Crippen LogP contribution in [-0.4, -0.2) is 5.78 Å². The molecule has 0 atom stereocenters. The van der Waals surface area contributed by atoms with E-state index >= 15 is 0 Å². The average Bonchev–Trinajstić information content (AvgIpc) is 2.19. The summed E-state index contributed by atoms with van der Waals surface area (Å²) in [5.41, 5.74) is 1.90. The van der Waals surface area contributed by atoms with Gasteiger partial charge in [-0.1, -0.05) is 46.3 Å². The molecular weight excluding hydrogens is 240 g/mol. The second kappa shape index (κ2) is 4.09. The van der Waals surface area contributed by atoms with Crippen molar-refractivity contribution in [3.05, 3.63) is 40.4 Å². The zero-order chi connectivity index (χ0) is 9.97. The van der Waals surface area contributed by atoms with Crippen molar-refractivity contribution in [1.29, 1.82) is 0 Å². The van der Waals surface area contributed by atoms with Crippen LogP contribution in [0.2, 0.25) is 0 Å². The normalized spacial score (nSPS) is 17.4. The fraction of sp³-hybridized carbons (Fsp3) is 0.250. The SMILES string of the molecule is O=C1CCCC(Br)=C1c1ccccc1. The summed E-state index contributed by atoms with van der Waals surface area (Å²) < 4.78 is 1.06. The van der Waals surface area contributed by atoms with Gasteiger partial charge in [-0.3, -0.25) is 4.79 Å². The number of rotatable bonds is 1. The molecule has 1 nitrogen and oxygen atoms in total. The predicted molar refractivity (Wildman–Crippen MR) is 61.1 cm³/mol. The Morgan fingerprint density at radius 1 is 1.07 bits per heavy atom.